The van der Waals surface area contributed by atoms with E-state index in [-0.39, 0.29) is 24.5 Å². The number of allylic oxidation sites excluding steroid dienone is 14. The minimum atomic E-state index is -1.03. The predicted octanol–water partition coefficient (Wildman–Crippen LogP) is 12.0. The highest BCUT2D eigenvalue weighted by molar-refractivity contribution is 5.80. The van der Waals surface area contributed by atoms with Crippen LogP contribution in [-0.4, -0.2) is 35.6 Å². The summed E-state index contributed by atoms with van der Waals surface area (Å²) in [6.07, 6.45) is 52.7. The number of aliphatic carboxylic acids is 1. The lowest BCUT2D eigenvalue weighted by molar-refractivity contribution is -0.150. The summed E-state index contributed by atoms with van der Waals surface area (Å²) in [5.41, 5.74) is 0. The molecule has 0 fully saturated rings. The molecule has 50 heavy (non-hydrogen) atoms. The Morgan fingerprint density at radius 2 is 0.960 bits per heavy atom. The van der Waals surface area contributed by atoms with E-state index in [4.69, 9.17) is 9.84 Å². The molecule has 6 heteroatoms. The van der Waals surface area contributed by atoms with Gasteiger partial charge in [-0.2, -0.15) is 0 Å². The molecule has 0 saturated heterocycles. The Kier molecular flexibility index (Phi) is 35.8. The average molecular weight is 694 g/mol. The van der Waals surface area contributed by atoms with Crippen LogP contribution in [0.5, 0.6) is 0 Å². The van der Waals surface area contributed by atoms with Gasteiger partial charge in [-0.1, -0.05) is 137 Å². The summed E-state index contributed by atoms with van der Waals surface area (Å²) in [5, 5.41) is 11.1. The van der Waals surface area contributed by atoms with Crippen LogP contribution in [0, 0.1) is 0 Å². The maximum Gasteiger partial charge on any atom is 0.322 e. The first kappa shape index (κ1) is 46.6. The van der Waals surface area contributed by atoms with Crippen LogP contribution in [-0.2, 0) is 19.1 Å². The van der Waals surface area contributed by atoms with Crippen molar-refractivity contribution in [1.29, 1.82) is 0 Å². The van der Waals surface area contributed by atoms with Crippen molar-refractivity contribution >= 4 is 17.8 Å². The third-order valence-corrected chi connectivity index (χ3v) is 8.07. The van der Waals surface area contributed by atoms with E-state index in [1.54, 1.807) is 0 Å². The first-order valence-electron chi connectivity index (χ1n) is 19.7. The highest BCUT2D eigenvalue weighted by Crippen LogP contribution is 2.17. The molecule has 6 nitrogen and oxygen atoms in total. The van der Waals surface area contributed by atoms with Crippen molar-refractivity contribution in [2.75, 3.05) is 6.54 Å². The number of carbonyl (C=O) groups is 3. The van der Waals surface area contributed by atoms with Crippen LogP contribution in [0.25, 0.3) is 0 Å². The third-order valence-electron chi connectivity index (χ3n) is 8.07. The molecule has 0 aromatic rings. The zero-order valence-electron chi connectivity index (χ0n) is 31.7. The van der Waals surface area contributed by atoms with E-state index < -0.39 is 5.97 Å². The molecule has 0 aromatic heterocycles. The minimum absolute atomic E-state index is 0.0641. The van der Waals surface area contributed by atoms with E-state index in [9.17, 15) is 14.4 Å². The monoisotopic (exact) mass is 694 g/mol. The summed E-state index contributed by atoms with van der Waals surface area (Å²) in [7, 11) is 0. The van der Waals surface area contributed by atoms with Gasteiger partial charge in [-0.05, 0) is 96.3 Å². The fourth-order valence-corrected chi connectivity index (χ4v) is 5.23. The molecule has 0 saturated carbocycles. The van der Waals surface area contributed by atoms with Crippen LogP contribution in [0.15, 0.2) is 85.1 Å². The van der Waals surface area contributed by atoms with Gasteiger partial charge in [0.2, 0.25) is 5.91 Å². The summed E-state index contributed by atoms with van der Waals surface area (Å²) in [6.45, 7) is 3.97. The normalized spacial score (nSPS) is 13.0. The number of rotatable bonds is 34. The van der Waals surface area contributed by atoms with Gasteiger partial charge in [0.05, 0.1) is 0 Å². The fraction of sp³-hybridized carbons (Fsp3) is 0.614. The second-order valence-electron chi connectivity index (χ2n) is 12.8. The summed E-state index contributed by atoms with van der Waals surface area (Å²) in [4.78, 5) is 34.9. The lowest BCUT2D eigenvalue weighted by atomic mass is 10.0. The Morgan fingerprint density at radius 1 is 0.520 bits per heavy atom. The molecule has 0 aliphatic carbocycles. The van der Waals surface area contributed by atoms with Gasteiger partial charge in [-0.3, -0.25) is 14.4 Å². The number of nitrogens with one attached hydrogen (secondary N) is 1. The highest BCUT2D eigenvalue weighted by atomic mass is 16.5. The van der Waals surface area contributed by atoms with Crippen molar-refractivity contribution in [2.24, 2.45) is 0 Å². The zero-order valence-corrected chi connectivity index (χ0v) is 31.7. The van der Waals surface area contributed by atoms with Crippen molar-refractivity contribution in [3.8, 4) is 0 Å². The number of carbonyl (C=O) groups excluding carboxylic acids is 2. The van der Waals surface area contributed by atoms with E-state index in [0.717, 1.165) is 122 Å². The Bertz CT molecular complexity index is 1030. The van der Waals surface area contributed by atoms with E-state index in [2.05, 4.69) is 104 Å². The van der Waals surface area contributed by atoms with Crippen molar-refractivity contribution in [3.63, 3.8) is 0 Å². The van der Waals surface area contributed by atoms with Crippen LogP contribution < -0.4 is 5.32 Å². The number of esters is 1. The lowest BCUT2D eigenvalue weighted by Crippen LogP contribution is -2.28. The SMILES string of the molecule is CC/C=C\C/C=C\C/C=C\C/C=C\CCC(CCCCCCCC(=O)NCC(=O)O)OC(=O)CCCCCCC/C=C\C/C=C\C/C=C\CC. The quantitative estimate of drug-likeness (QED) is 0.0397. The second-order valence-corrected chi connectivity index (χ2v) is 12.8. The standard InChI is InChI=1S/C44H71NO5/c1-3-5-7-9-11-13-15-17-18-20-22-24-26-31-35-39-44(49)50-41(37-33-29-27-30-34-38-42(46)45-40-43(47)48)36-32-28-25-23-21-19-16-14-12-10-8-6-4-2/h5-8,11-14,17-19,21,25,28,41H,3-4,9-10,15-16,20,22-24,26-27,29-40H2,1-2H3,(H,45,46)(H,47,48)/b7-5-,8-6-,13-11-,14-12-,18-17-,21-19-,28-25-. The summed E-state index contributed by atoms with van der Waals surface area (Å²) in [6, 6.07) is 0. The van der Waals surface area contributed by atoms with Crippen LogP contribution in [0.4, 0.5) is 0 Å². The van der Waals surface area contributed by atoms with Crippen molar-refractivity contribution in [2.45, 2.75) is 168 Å². The molecule has 0 rings (SSSR count). The van der Waals surface area contributed by atoms with Crippen molar-refractivity contribution in [1.82, 2.24) is 5.32 Å². The van der Waals surface area contributed by atoms with E-state index in [1.807, 2.05) is 0 Å². The molecular weight excluding hydrogens is 622 g/mol. The predicted molar refractivity (Wildman–Crippen MR) is 212 cm³/mol. The number of carboxylic acids is 1. The number of ether oxygens (including phenoxy) is 1. The molecule has 1 amide bonds. The Hall–Kier alpha value is -3.41. The van der Waals surface area contributed by atoms with Crippen LogP contribution >= 0.6 is 0 Å². The molecule has 0 aliphatic rings. The summed E-state index contributed by atoms with van der Waals surface area (Å²) >= 11 is 0. The smallest absolute Gasteiger partial charge is 0.322 e. The number of carboxylic acid groups (broad SMARTS) is 1. The van der Waals surface area contributed by atoms with Gasteiger partial charge >= 0.3 is 11.9 Å². The Balaban J connectivity index is 4.36. The van der Waals surface area contributed by atoms with Crippen molar-refractivity contribution < 1.29 is 24.2 Å². The zero-order chi connectivity index (χ0) is 36.6. The maximum absolute atomic E-state index is 12.7. The van der Waals surface area contributed by atoms with Gasteiger partial charge in [0.25, 0.3) is 0 Å². The first-order chi connectivity index (χ1) is 24.5. The highest BCUT2D eigenvalue weighted by Gasteiger charge is 2.14. The van der Waals surface area contributed by atoms with Crippen LogP contribution in [0.3, 0.4) is 0 Å². The minimum Gasteiger partial charge on any atom is -0.480 e. The van der Waals surface area contributed by atoms with Gasteiger partial charge in [0.15, 0.2) is 0 Å². The summed E-state index contributed by atoms with van der Waals surface area (Å²) < 4.78 is 5.96. The molecule has 2 N–H and O–H groups in total. The molecule has 0 bridgehead atoms. The lowest BCUT2D eigenvalue weighted by Gasteiger charge is -2.17. The Labute approximate surface area is 306 Å². The molecule has 1 unspecified atom stereocenters. The van der Waals surface area contributed by atoms with Gasteiger partial charge in [0.1, 0.15) is 12.6 Å². The largest absolute Gasteiger partial charge is 0.480 e. The molecular formula is C44H71NO5. The first-order valence-corrected chi connectivity index (χ1v) is 19.7. The van der Waals surface area contributed by atoms with E-state index in [1.165, 1.54) is 12.8 Å². The number of hydrogen-bond acceptors (Lipinski definition) is 4. The molecule has 0 radical (unpaired) electrons. The average Bonchev–Trinajstić information content (AvgIpc) is 3.10. The molecule has 0 heterocycles. The van der Waals surface area contributed by atoms with Gasteiger partial charge < -0.3 is 15.2 Å². The fourth-order valence-electron chi connectivity index (χ4n) is 5.23. The molecule has 0 spiro atoms. The van der Waals surface area contributed by atoms with E-state index in [0.29, 0.717) is 12.8 Å². The number of unbranched alkanes of at least 4 members (excludes halogenated alkanes) is 9. The van der Waals surface area contributed by atoms with Crippen molar-refractivity contribution in [3.05, 3.63) is 85.1 Å². The number of amides is 1. The van der Waals surface area contributed by atoms with Crippen LogP contribution in [0.1, 0.15) is 162 Å². The topological polar surface area (TPSA) is 92.7 Å². The van der Waals surface area contributed by atoms with Crippen LogP contribution in [0.2, 0.25) is 0 Å². The molecule has 1 atom stereocenters. The molecule has 0 aromatic carbocycles. The Morgan fingerprint density at radius 3 is 1.50 bits per heavy atom. The number of hydrogen-bond donors (Lipinski definition) is 2. The molecule has 0 aliphatic heterocycles. The third kappa shape index (κ3) is 37.4. The van der Waals surface area contributed by atoms with E-state index >= 15 is 0 Å². The summed E-state index contributed by atoms with van der Waals surface area (Å²) in [5.74, 6) is -1.31. The van der Waals surface area contributed by atoms with Gasteiger partial charge in [-0.15, -0.1) is 0 Å². The van der Waals surface area contributed by atoms with Gasteiger partial charge in [-0.25, -0.2) is 0 Å². The second kappa shape index (κ2) is 38.4. The maximum atomic E-state index is 12.7. The van der Waals surface area contributed by atoms with Gasteiger partial charge in [0, 0.05) is 12.8 Å². The molecule has 282 valence electrons.